The first-order chi connectivity index (χ1) is 10.5. The highest BCUT2D eigenvalue weighted by Crippen LogP contribution is 2.21. The fraction of sp³-hybridized carbons (Fsp3) is 0.118. The van der Waals surface area contributed by atoms with Crippen LogP contribution in [0.3, 0.4) is 0 Å². The Morgan fingerprint density at radius 1 is 0.955 bits per heavy atom. The van der Waals surface area contributed by atoms with Gasteiger partial charge in [-0.2, -0.15) is 0 Å². The van der Waals surface area contributed by atoms with Gasteiger partial charge in [0, 0.05) is 11.1 Å². The van der Waals surface area contributed by atoms with Gasteiger partial charge in [0.1, 0.15) is 11.3 Å². The molecule has 0 amide bonds. The van der Waals surface area contributed by atoms with E-state index in [1.165, 1.54) is 25.3 Å². The van der Waals surface area contributed by atoms with Crippen LogP contribution in [0.15, 0.2) is 48.5 Å². The Kier molecular flexibility index (Phi) is 4.68. The number of carbonyl (C=O) groups is 3. The van der Waals surface area contributed by atoms with Crippen LogP contribution in [-0.2, 0) is 0 Å². The first-order valence-corrected chi connectivity index (χ1v) is 6.55. The van der Waals surface area contributed by atoms with Crippen LogP contribution < -0.4 is 4.74 Å². The molecule has 5 nitrogen and oxygen atoms in total. The average molecular weight is 298 g/mol. The number of benzene rings is 2. The zero-order chi connectivity index (χ0) is 16.1. The number of aromatic carboxylic acids is 1. The lowest BCUT2D eigenvalue weighted by molar-refractivity contribution is 0.0693. The second kappa shape index (κ2) is 6.67. The van der Waals surface area contributed by atoms with Gasteiger partial charge >= 0.3 is 5.97 Å². The van der Waals surface area contributed by atoms with Crippen molar-refractivity contribution in [3.63, 3.8) is 0 Å². The van der Waals surface area contributed by atoms with E-state index in [4.69, 9.17) is 9.84 Å². The Morgan fingerprint density at radius 2 is 1.59 bits per heavy atom. The summed E-state index contributed by atoms with van der Waals surface area (Å²) in [6, 6.07) is 12.6. The summed E-state index contributed by atoms with van der Waals surface area (Å²) < 4.78 is 4.93. The second-order valence-corrected chi connectivity index (χ2v) is 4.61. The van der Waals surface area contributed by atoms with E-state index in [1.807, 2.05) is 0 Å². The van der Waals surface area contributed by atoms with Gasteiger partial charge in [-0.05, 0) is 18.2 Å². The van der Waals surface area contributed by atoms with Gasteiger partial charge in [-0.15, -0.1) is 0 Å². The second-order valence-electron chi connectivity index (χ2n) is 4.61. The predicted molar refractivity (Wildman–Crippen MR) is 79.7 cm³/mol. The lowest BCUT2D eigenvalue weighted by Gasteiger charge is -2.07. The molecular weight excluding hydrogens is 284 g/mol. The number of methoxy groups -OCH3 is 1. The molecule has 0 fully saturated rings. The summed E-state index contributed by atoms with van der Waals surface area (Å²) in [5, 5.41) is 9.10. The van der Waals surface area contributed by atoms with E-state index < -0.39 is 11.8 Å². The molecule has 5 heteroatoms. The molecule has 0 saturated heterocycles. The lowest BCUT2D eigenvalue weighted by Crippen LogP contribution is -2.10. The van der Waals surface area contributed by atoms with Gasteiger partial charge in [-0.3, -0.25) is 9.59 Å². The van der Waals surface area contributed by atoms with Crippen molar-refractivity contribution in [2.45, 2.75) is 6.42 Å². The van der Waals surface area contributed by atoms with Crippen LogP contribution in [0.4, 0.5) is 0 Å². The molecule has 0 heterocycles. The Hall–Kier alpha value is -2.95. The molecule has 0 spiro atoms. The average Bonchev–Trinajstić information content (AvgIpc) is 2.54. The third-order valence-electron chi connectivity index (χ3n) is 3.17. The number of ether oxygens (including phenoxy) is 1. The third kappa shape index (κ3) is 3.38. The van der Waals surface area contributed by atoms with E-state index in [0.717, 1.165) is 0 Å². The van der Waals surface area contributed by atoms with Gasteiger partial charge in [-0.25, -0.2) is 4.79 Å². The smallest absolute Gasteiger partial charge is 0.339 e. The molecule has 0 radical (unpaired) electrons. The maximum Gasteiger partial charge on any atom is 0.339 e. The molecule has 0 saturated carbocycles. The van der Waals surface area contributed by atoms with Crippen LogP contribution in [0.1, 0.15) is 37.5 Å². The van der Waals surface area contributed by atoms with Crippen molar-refractivity contribution in [1.29, 1.82) is 0 Å². The monoisotopic (exact) mass is 298 g/mol. The normalized spacial score (nSPS) is 10.0. The molecule has 2 rings (SSSR count). The Bertz CT molecular complexity index is 719. The zero-order valence-corrected chi connectivity index (χ0v) is 11.9. The highest BCUT2D eigenvalue weighted by atomic mass is 16.5. The fourth-order valence-electron chi connectivity index (χ4n) is 2.02. The quantitative estimate of drug-likeness (QED) is 0.655. The van der Waals surface area contributed by atoms with E-state index in [-0.39, 0.29) is 29.1 Å². The Labute approximate surface area is 127 Å². The fourth-order valence-corrected chi connectivity index (χ4v) is 2.02. The van der Waals surface area contributed by atoms with Crippen LogP contribution >= 0.6 is 0 Å². The Morgan fingerprint density at radius 3 is 2.18 bits per heavy atom. The predicted octanol–water partition coefficient (Wildman–Crippen LogP) is 2.85. The maximum absolute atomic E-state index is 12.1. The largest absolute Gasteiger partial charge is 0.496 e. The number of hydrogen-bond donors (Lipinski definition) is 1. The summed E-state index contributed by atoms with van der Waals surface area (Å²) >= 11 is 0. The van der Waals surface area contributed by atoms with Gasteiger partial charge in [0.05, 0.1) is 13.5 Å². The third-order valence-corrected chi connectivity index (χ3v) is 3.17. The summed E-state index contributed by atoms with van der Waals surface area (Å²) in [4.78, 5) is 35.3. The zero-order valence-electron chi connectivity index (χ0n) is 11.9. The van der Waals surface area contributed by atoms with Crippen molar-refractivity contribution in [3.8, 4) is 5.75 Å². The molecule has 0 atom stereocenters. The van der Waals surface area contributed by atoms with Crippen LogP contribution in [0, 0.1) is 0 Å². The molecule has 2 aromatic rings. The van der Waals surface area contributed by atoms with E-state index in [9.17, 15) is 14.4 Å². The van der Waals surface area contributed by atoms with Crippen LogP contribution in [0.2, 0.25) is 0 Å². The first-order valence-electron chi connectivity index (χ1n) is 6.55. The molecule has 112 valence electrons. The number of carbonyl (C=O) groups excluding carboxylic acids is 2. The molecule has 2 aromatic carbocycles. The minimum Gasteiger partial charge on any atom is -0.496 e. The van der Waals surface area contributed by atoms with Gasteiger partial charge in [0.15, 0.2) is 11.6 Å². The van der Waals surface area contributed by atoms with Gasteiger partial charge in [0.25, 0.3) is 0 Å². The number of ketones is 2. The van der Waals surface area contributed by atoms with Crippen LogP contribution in [-0.4, -0.2) is 29.8 Å². The standard InChI is InChI=1S/C17H14O5/c1-22-16-8-7-12(9-13(16)17(20)21)15(19)10-14(18)11-5-3-2-4-6-11/h2-9H,10H2,1H3,(H,20,21). The first kappa shape index (κ1) is 15.4. The highest BCUT2D eigenvalue weighted by molar-refractivity contribution is 6.14. The number of carboxylic acids is 1. The molecule has 0 unspecified atom stereocenters. The summed E-state index contributed by atoms with van der Waals surface area (Å²) in [6.45, 7) is 0. The maximum atomic E-state index is 12.1. The van der Waals surface area contributed by atoms with E-state index in [0.29, 0.717) is 5.56 Å². The molecule has 1 N–H and O–H groups in total. The number of rotatable bonds is 6. The number of hydrogen-bond acceptors (Lipinski definition) is 4. The molecular formula is C17H14O5. The van der Waals surface area contributed by atoms with E-state index in [1.54, 1.807) is 30.3 Å². The van der Waals surface area contributed by atoms with Gasteiger partial charge < -0.3 is 9.84 Å². The van der Waals surface area contributed by atoms with Crippen molar-refractivity contribution >= 4 is 17.5 Å². The van der Waals surface area contributed by atoms with Crippen molar-refractivity contribution in [2.24, 2.45) is 0 Å². The molecule has 0 bridgehead atoms. The molecule has 0 aromatic heterocycles. The van der Waals surface area contributed by atoms with Crippen molar-refractivity contribution < 1.29 is 24.2 Å². The van der Waals surface area contributed by atoms with Gasteiger partial charge in [-0.1, -0.05) is 30.3 Å². The minimum atomic E-state index is -1.19. The van der Waals surface area contributed by atoms with Crippen LogP contribution in [0.25, 0.3) is 0 Å². The summed E-state index contributed by atoms with van der Waals surface area (Å²) in [6.07, 6.45) is -0.310. The van der Waals surface area contributed by atoms with Crippen molar-refractivity contribution in [3.05, 3.63) is 65.2 Å². The lowest BCUT2D eigenvalue weighted by atomic mass is 10.00. The van der Waals surface area contributed by atoms with Crippen molar-refractivity contribution in [1.82, 2.24) is 0 Å². The van der Waals surface area contributed by atoms with Crippen LogP contribution in [0.5, 0.6) is 5.75 Å². The molecule has 22 heavy (non-hydrogen) atoms. The Balaban J connectivity index is 2.21. The minimum absolute atomic E-state index is 0.111. The highest BCUT2D eigenvalue weighted by Gasteiger charge is 2.17. The molecule has 0 aliphatic rings. The summed E-state index contributed by atoms with van der Waals surface area (Å²) in [7, 11) is 1.35. The molecule has 0 aliphatic carbocycles. The summed E-state index contributed by atoms with van der Waals surface area (Å²) in [5.41, 5.74) is 0.505. The van der Waals surface area contributed by atoms with E-state index >= 15 is 0 Å². The van der Waals surface area contributed by atoms with Gasteiger partial charge in [0.2, 0.25) is 0 Å². The van der Waals surface area contributed by atoms with Crippen molar-refractivity contribution in [2.75, 3.05) is 7.11 Å². The summed E-state index contributed by atoms with van der Waals surface area (Å²) in [5.74, 6) is -1.77. The molecule has 0 aliphatic heterocycles. The number of Topliss-reactive ketones (excluding diaryl/α,β-unsaturated/α-hetero) is 2. The van der Waals surface area contributed by atoms with E-state index in [2.05, 4.69) is 0 Å². The topological polar surface area (TPSA) is 80.7 Å². The SMILES string of the molecule is COc1ccc(C(=O)CC(=O)c2ccccc2)cc1C(=O)O. The number of carboxylic acid groups (broad SMARTS) is 1.